The second kappa shape index (κ2) is 10.2. The SMILES string of the molecule is C1CCCCC1.O=C(OOC(=O)c1ccccc1)c1ccccc1. The lowest BCUT2D eigenvalue weighted by atomic mass is 10.0. The van der Waals surface area contributed by atoms with Gasteiger partial charge in [-0.1, -0.05) is 74.9 Å². The van der Waals surface area contributed by atoms with Gasteiger partial charge in [0, 0.05) is 0 Å². The molecule has 0 aromatic heterocycles. The average Bonchev–Trinajstić information content (AvgIpc) is 2.69. The zero-order valence-corrected chi connectivity index (χ0v) is 13.6. The van der Waals surface area contributed by atoms with E-state index < -0.39 is 11.9 Å². The van der Waals surface area contributed by atoms with E-state index in [9.17, 15) is 9.59 Å². The van der Waals surface area contributed by atoms with E-state index in [0.29, 0.717) is 11.1 Å². The molecular formula is C20H22O4. The van der Waals surface area contributed by atoms with Gasteiger partial charge in [0.25, 0.3) is 0 Å². The second-order valence-corrected chi connectivity index (χ2v) is 5.59. The third-order valence-corrected chi connectivity index (χ3v) is 3.71. The highest BCUT2D eigenvalue weighted by atomic mass is 17.2. The van der Waals surface area contributed by atoms with Crippen molar-refractivity contribution >= 4 is 11.9 Å². The van der Waals surface area contributed by atoms with E-state index in [1.54, 1.807) is 60.7 Å². The first-order valence-electron chi connectivity index (χ1n) is 8.30. The van der Waals surface area contributed by atoms with Gasteiger partial charge in [0.2, 0.25) is 0 Å². The first-order chi connectivity index (χ1) is 11.8. The Morgan fingerprint density at radius 2 is 0.833 bits per heavy atom. The molecule has 0 amide bonds. The van der Waals surface area contributed by atoms with Crippen LogP contribution >= 0.6 is 0 Å². The summed E-state index contributed by atoms with van der Waals surface area (Å²) in [6.07, 6.45) is 9.00. The van der Waals surface area contributed by atoms with Crippen LogP contribution in [0.15, 0.2) is 60.7 Å². The van der Waals surface area contributed by atoms with Gasteiger partial charge in [-0.2, -0.15) is 0 Å². The molecule has 1 aliphatic carbocycles. The molecule has 0 saturated heterocycles. The minimum Gasteiger partial charge on any atom is -0.242 e. The Kier molecular flexibility index (Phi) is 7.54. The van der Waals surface area contributed by atoms with Crippen LogP contribution in [0.1, 0.15) is 59.2 Å². The quantitative estimate of drug-likeness (QED) is 0.578. The molecule has 0 radical (unpaired) electrons. The summed E-state index contributed by atoms with van der Waals surface area (Å²) in [5, 5.41) is 0. The Morgan fingerprint density at radius 1 is 0.542 bits per heavy atom. The fourth-order valence-corrected chi connectivity index (χ4v) is 2.38. The largest absolute Gasteiger partial charge is 0.386 e. The van der Waals surface area contributed by atoms with Crippen molar-refractivity contribution < 1.29 is 19.4 Å². The molecule has 0 unspecified atom stereocenters. The number of benzene rings is 2. The maximum absolute atomic E-state index is 11.5. The zero-order valence-electron chi connectivity index (χ0n) is 13.6. The molecule has 0 spiro atoms. The molecule has 126 valence electrons. The minimum absolute atomic E-state index is 0.318. The summed E-state index contributed by atoms with van der Waals surface area (Å²) < 4.78 is 0. The van der Waals surface area contributed by atoms with Gasteiger partial charge in [-0.05, 0) is 24.3 Å². The summed E-state index contributed by atoms with van der Waals surface area (Å²) in [5.41, 5.74) is 0.636. The standard InChI is InChI=1S/C14H10O4.C6H12/c15-13(11-7-3-1-4-8-11)17-18-14(16)12-9-5-2-6-10-12;1-2-4-6-5-3-1/h1-10H;1-6H2. The smallest absolute Gasteiger partial charge is 0.242 e. The third kappa shape index (κ3) is 6.24. The highest BCUT2D eigenvalue weighted by Gasteiger charge is 2.12. The molecule has 0 heterocycles. The Bertz CT molecular complexity index is 556. The lowest BCUT2D eigenvalue weighted by Gasteiger charge is -2.05. The van der Waals surface area contributed by atoms with E-state index in [1.165, 1.54) is 38.5 Å². The van der Waals surface area contributed by atoms with Crippen LogP contribution in [0.2, 0.25) is 0 Å². The normalized spacial score (nSPS) is 13.2. The van der Waals surface area contributed by atoms with Gasteiger partial charge in [0.1, 0.15) is 0 Å². The summed E-state index contributed by atoms with van der Waals surface area (Å²) in [7, 11) is 0. The van der Waals surface area contributed by atoms with Crippen LogP contribution in [0.5, 0.6) is 0 Å². The molecule has 1 fully saturated rings. The van der Waals surface area contributed by atoms with Crippen LogP contribution in [0.4, 0.5) is 0 Å². The van der Waals surface area contributed by atoms with Crippen molar-refractivity contribution in [1.29, 1.82) is 0 Å². The molecule has 1 saturated carbocycles. The molecule has 2 aromatic carbocycles. The summed E-state index contributed by atoms with van der Waals surface area (Å²) >= 11 is 0. The lowest BCUT2D eigenvalue weighted by Crippen LogP contribution is -2.11. The molecule has 1 aliphatic rings. The number of hydrogen-bond acceptors (Lipinski definition) is 4. The summed E-state index contributed by atoms with van der Waals surface area (Å²) in [6.45, 7) is 0. The summed E-state index contributed by atoms with van der Waals surface area (Å²) in [5.74, 6) is -1.42. The van der Waals surface area contributed by atoms with Crippen LogP contribution in [-0.2, 0) is 9.78 Å². The molecule has 0 bridgehead atoms. The molecular weight excluding hydrogens is 304 g/mol. The van der Waals surface area contributed by atoms with Crippen molar-refractivity contribution in [1.82, 2.24) is 0 Å². The molecule has 2 aromatic rings. The van der Waals surface area contributed by atoms with Crippen molar-refractivity contribution in [3.8, 4) is 0 Å². The predicted octanol–water partition coefficient (Wildman–Crippen LogP) is 4.96. The molecule has 4 nitrogen and oxygen atoms in total. The van der Waals surface area contributed by atoms with Gasteiger partial charge in [-0.3, -0.25) is 0 Å². The Balaban J connectivity index is 0.000000292. The van der Waals surface area contributed by atoms with Gasteiger partial charge < -0.3 is 0 Å². The van der Waals surface area contributed by atoms with Gasteiger partial charge in [-0.15, -0.1) is 0 Å². The molecule has 4 heteroatoms. The van der Waals surface area contributed by atoms with Crippen molar-refractivity contribution in [2.45, 2.75) is 38.5 Å². The highest BCUT2D eigenvalue weighted by molar-refractivity contribution is 5.92. The van der Waals surface area contributed by atoms with E-state index in [4.69, 9.17) is 0 Å². The number of hydrogen-bond donors (Lipinski definition) is 0. The van der Waals surface area contributed by atoms with Gasteiger partial charge >= 0.3 is 11.9 Å². The van der Waals surface area contributed by atoms with Crippen molar-refractivity contribution in [3.63, 3.8) is 0 Å². The maximum Gasteiger partial charge on any atom is 0.386 e. The number of carbonyl (C=O) groups excluding carboxylic acids is 2. The first kappa shape index (κ1) is 17.7. The van der Waals surface area contributed by atoms with Gasteiger partial charge in [0.15, 0.2) is 0 Å². The minimum atomic E-state index is -0.708. The third-order valence-electron chi connectivity index (χ3n) is 3.71. The fourth-order valence-electron chi connectivity index (χ4n) is 2.38. The van der Waals surface area contributed by atoms with Crippen molar-refractivity contribution in [3.05, 3.63) is 71.8 Å². The van der Waals surface area contributed by atoms with E-state index in [0.717, 1.165) is 0 Å². The Hall–Kier alpha value is -2.62. The maximum atomic E-state index is 11.5. The lowest BCUT2D eigenvalue weighted by molar-refractivity contribution is -0.187. The number of rotatable bonds is 2. The van der Waals surface area contributed by atoms with Crippen LogP contribution in [0.25, 0.3) is 0 Å². The molecule has 0 atom stereocenters. The van der Waals surface area contributed by atoms with Crippen LogP contribution < -0.4 is 0 Å². The average molecular weight is 326 g/mol. The van der Waals surface area contributed by atoms with Crippen LogP contribution in [0, 0.1) is 0 Å². The monoisotopic (exact) mass is 326 g/mol. The van der Waals surface area contributed by atoms with Gasteiger partial charge in [0.05, 0.1) is 11.1 Å². The number of carbonyl (C=O) groups is 2. The van der Waals surface area contributed by atoms with E-state index in [1.807, 2.05) is 0 Å². The van der Waals surface area contributed by atoms with E-state index >= 15 is 0 Å². The van der Waals surface area contributed by atoms with Gasteiger partial charge in [-0.25, -0.2) is 19.4 Å². The topological polar surface area (TPSA) is 52.6 Å². The van der Waals surface area contributed by atoms with E-state index in [-0.39, 0.29) is 0 Å². The molecule has 24 heavy (non-hydrogen) atoms. The molecule has 0 N–H and O–H groups in total. The Labute approximate surface area is 142 Å². The first-order valence-corrected chi connectivity index (χ1v) is 8.30. The fraction of sp³-hybridized carbons (Fsp3) is 0.300. The second-order valence-electron chi connectivity index (χ2n) is 5.59. The molecule has 0 aliphatic heterocycles. The van der Waals surface area contributed by atoms with Crippen LogP contribution in [0.3, 0.4) is 0 Å². The molecule has 3 rings (SSSR count). The van der Waals surface area contributed by atoms with Crippen LogP contribution in [-0.4, -0.2) is 11.9 Å². The Morgan fingerprint density at radius 3 is 1.12 bits per heavy atom. The predicted molar refractivity (Wildman–Crippen MR) is 91.4 cm³/mol. The summed E-state index contributed by atoms with van der Waals surface area (Å²) in [4.78, 5) is 31.9. The highest BCUT2D eigenvalue weighted by Crippen LogP contribution is 2.15. The van der Waals surface area contributed by atoms with Crippen molar-refractivity contribution in [2.24, 2.45) is 0 Å². The summed E-state index contributed by atoms with van der Waals surface area (Å²) in [6, 6.07) is 16.6. The zero-order chi connectivity index (χ0) is 17.0. The van der Waals surface area contributed by atoms with E-state index in [2.05, 4.69) is 9.78 Å². The van der Waals surface area contributed by atoms with Crippen molar-refractivity contribution in [2.75, 3.05) is 0 Å².